The Morgan fingerprint density at radius 3 is 3.10 bits per heavy atom. The van der Waals surface area contributed by atoms with Crippen LogP contribution in [0.25, 0.3) is 0 Å². The maximum absolute atomic E-state index is 12.1. The van der Waals surface area contributed by atoms with Crippen molar-refractivity contribution in [3.63, 3.8) is 0 Å². The summed E-state index contributed by atoms with van der Waals surface area (Å²) in [7, 11) is 0. The lowest BCUT2D eigenvalue weighted by molar-refractivity contribution is -0.122. The van der Waals surface area contributed by atoms with Gasteiger partial charge in [-0.1, -0.05) is 18.2 Å². The van der Waals surface area contributed by atoms with E-state index in [-0.39, 0.29) is 18.5 Å². The molecule has 1 aliphatic rings. The van der Waals surface area contributed by atoms with E-state index in [1.807, 2.05) is 31.2 Å². The van der Waals surface area contributed by atoms with Crippen LogP contribution in [0.4, 0.5) is 5.82 Å². The van der Waals surface area contributed by atoms with Crippen LogP contribution in [0, 0.1) is 6.92 Å². The Kier molecular flexibility index (Phi) is 3.51. The Bertz CT molecular complexity index is 665. The minimum Gasteiger partial charge on any atom is -0.491 e. The average Bonchev–Trinajstić information content (AvgIpc) is 2.76. The molecule has 1 aromatic carbocycles. The second-order valence-corrected chi connectivity index (χ2v) is 5.26. The predicted molar refractivity (Wildman–Crippen MR) is 78.9 cm³/mol. The number of hydrogen-bond acceptors (Lipinski definition) is 4. The number of nitrogens with zero attached hydrogens (tertiary/aromatic N) is 2. The number of amides is 1. The summed E-state index contributed by atoms with van der Waals surface area (Å²) in [6.07, 6.45) is 0.773. The lowest BCUT2D eigenvalue weighted by Crippen LogP contribution is -2.44. The summed E-state index contributed by atoms with van der Waals surface area (Å²) in [6, 6.07) is 9.60. The molecule has 0 aliphatic carbocycles. The standard InChI is InChI=1S/C15H18N4O2/c1-10-6-14(16)19(18-10)8-15(20)17-12-7-11-4-2-3-5-13(11)21-9-12/h2-6,12H,7-9,16H2,1H3,(H,17,20)/t12-/m1/s1. The minimum atomic E-state index is -0.113. The van der Waals surface area contributed by atoms with E-state index in [1.54, 1.807) is 6.07 Å². The Balaban J connectivity index is 1.60. The van der Waals surface area contributed by atoms with Crippen LogP contribution in [-0.4, -0.2) is 28.3 Å². The van der Waals surface area contributed by atoms with Crippen LogP contribution >= 0.6 is 0 Å². The van der Waals surface area contributed by atoms with Crippen LogP contribution in [0.5, 0.6) is 5.75 Å². The van der Waals surface area contributed by atoms with Gasteiger partial charge < -0.3 is 15.8 Å². The smallest absolute Gasteiger partial charge is 0.242 e. The average molecular weight is 286 g/mol. The number of nitrogens with one attached hydrogen (secondary N) is 1. The summed E-state index contributed by atoms with van der Waals surface area (Å²) < 4.78 is 7.16. The molecule has 6 heteroatoms. The van der Waals surface area contributed by atoms with Crippen LogP contribution in [-0.2, 0) is 17.8 Å². The van der Waals surface area contributed by atoms with E-state index in [0.29, 0.717) is 12.4 Å². The third-order valence-electron chi connectivity index (χ3n) is 3.47. The van der Waals surface area contributed by atoms with E-state index in [9.17, 15) is 4.79 Å². The Hall–Kier alpha value is -2.50. The zero-order chi connectivity index (χ0) is 14.8. The molecule has 3 rings (SSSR count). The van der Waals surface area contributed by atoms with Gasteiger partial charge in [-0.25, -0.2) is 4.68 Å². The molecule has 1 atom stereocenters. The molecule has 110 valence electrons. The highest BCUT2D eigenvalue weighted by molar-refractivity contribution is 5.76. The largest absolute Gasteiger partial charge is 0.491 e. The zero-order valence-corrected chi connectivity index (χ0v) is 11.9. The fraction of sp³-hybridized carbons (Fsp3) is 0.333. The van der Waals surface area contributed by atoms with Crippen molar-refractivity contribution in [3.8, 4) is 5.75 Å². The summed E-state index contributed by atoms with van der Waals surface area (Å²) in [5.41, 5.74) is 7.70. The van der Waals surface area contributed by atoms with Crippen LogP contribution < -0.4 is 15.8 Å². The maximum Gasteiger partial charge on any atom is 0.242 e. The normalized spacial score (nSPS) is 16.9. The van der Waals surface area contributed by atoms with Crippen LogP contribution in [0.3, 0.4) is 0 Å². The fourth-order valence-corrected chi connectivity index (χ4v) is 2.52. The van der Waals surface area contributed by atoms with Crippen molar-refractivity contribution in [2.45, 2.75) is 25.9 Å². The highest BCUT2D eigenvalue weighted by Crippen LogP contribution is 2.23. The van der Waals surface area contributed by atoms with Gasteiger partial charge in [-0.3, -0.25) is 4.79 Å². The first-order valence-corrected chi connectivity index (χ1v) is 6.92. The van der Waals surface area contributed by atoms with Gasteiger partial charge in [0, 0.05) is 6.07 Å². The number of hydrogen-bond donors (Lipinski definition) is 2. The minimum absolute atomic E-state index is 0.0229. The third kappa shape index (κ3) is 2.99. The van der Waals surface area contributed by atoms with Gasteiger partial charge in [0.2, 0.25) is 5.91 Å². The van der Waals surface area contributed by atoms with Gasteiger partial charge in [0.05, 0.1) is 11.7 Å². The SMILES string of the molecule is Cc1cc(N)n(CC(=O)N[C@H]2COc3ccccc3C2)n1. The lowest BCUT2D eigenvalue weighted by atomic mass is 10.0. The van der Waals surface area contributed by atoms with E-state index < -0.39 is 0 Å². The first kappa shape index (κ1) is 13.5. The second-order valence-electron chi connectivity index (χ2n) is 5.26. The van der Waals surface area contributed by atoms with Gasteiger partial charge in [0.1, 0.15) is 24.7 Å². The number of nitrogen functional groups attached to an aromatic ring is 1. The summed E-state index contributed by atoms with van der Waals surface area (Å²) in [4.78, 5) is 12.1. The van der Waals surface area contributed by atoms with Gasteiger partial charge in [-0.2, -0.15) is 5.10 Å². The van der Waals surface area contributed by atoms with Crippen LogP contribution in [0.2, 0.25) is 0 Å². The quantitative estimate of drug-likeness (QED) is 0.878. The van der Waals surface area contributed by atoms with Crippen molar-refractivity contribution in [3.05, 3.63) is 41.6 Å². The van der Waals surface area contributed by atoms with Crippen LogP contribution in [0.15, 0.2) is 30.3 Å². The molecule has 3 N–H and O–H groups in total. The molecular weight excluding hydrogens is 268 g/mol. The van der Waals surface area contributed by atoms with Crippen molar-refractivity contribution >= 4 is 11.7 Å². The number of nitrogens with two attached hydrogens (primary N) is 1. The zero-order valence-electron chi connectivity index (χ0n) is 11.9. The molecular formula is C15H18N4O2. The van der Waals surface area contributed by atoms with Gasteiger partial charge in [0.25, 0.3) is 0 Å². The predicted octanol–water partition coefficient (Wildman–Crippen LogP) is 0.894. The second kappa shape index (κ2) is 5.47. The van der Waals surface area contributed by atoms with Crippen molar-refractivity contribution in [1.29, 1.82) is 0 Å². The molecule has 1 aromatic heterocycles. The Labute approximate surface area is 122 Å². The van der Waals surface area contributed by atoms with Crippen LogP contribution in [0.1, 0.15) is 11.3 Å². The highest BCUT2D eigenvalue weighted by atomic mass is 16.5. The summed E-state index contributed by atoms with van der Waals surface area (Å²) >= 11 is 0. The molecule has 6 nitrogen and oxygen atoms in total. The number of aromatic nitrogens is 2. The number of benzene rings is 1. The molecule has 0 spiro atoms. The lowest BCUT2D eigenvalue weighted by Gasteiger charge is -2.26. The molecule has 0 fully saturated rings. The molecule has 0 saturated heterocycles. The van der Waals surface area contributed by atoms with Crippen molar-refractivity contribution in [2.24, 2.45) is 0 Å². The molecule has 0 saturated carbocycles. The number of aryl methyl sites for hydroxylation is 1. The molecule has 0 unspecified atom stereocenters. The molecule has 1 aliphatic heterocycles. The van der Waals surface area contributed by atoms with E-state index in [1.165, 1.54) is 4.68 Å². The monoisotopic (exact) mass is 286 g/mol. The first-order valence-electron chi connectivity index (χ1n) is 6.92. The number of carbonyl (C=O) groups excluding carboxylic acids is 1. The highest BCUT2D eigenvalue weighted by Gasteiger charge is 2.21. The molecule has 2 heterocycles. The van der Waals surface area contributed by atoms with E-state index in [2.05, 4.69) is 10.4 Å². The molecule has 0 radical (unpaired) electrons. The molecule has 21 heavy (non-hydrogen) atoms. The number of para-hydroxylation sites is 1. The van der Waals surface area contributed by atoms with Gasteiger partial charge >= 0.3 is 0 Å². The van der Waals surface area contributed by atoms with Gasteiger partial charge in [-0.15, -0.1) is 0 Å². The van der Waals surface area contributed by atoms with E-state index in [4.69, 9.17) is 10.5 Å². The number of carbonyl (C=O) groups is 1. The number of fused-ring (bicyclic) bond motifs is 1. The summed E-state index contributed by atoms with van der Waals surface area (Å²) in [5.74, 6) is 1.28. The van der Waals surface area contributed by atoms with E-state index in [0.717, 1.165) is 23.4 Å². The topological polar surface area (TPSA) is 82.2 Å². The fourth-order valence-electron chi connectivity index (χ4n) is 2.52. The van der Waals surface area contributed by atoms with Crippen molar-refractivity contribution < 1.29 is 9.53 Å². The van der Waals surface area contributed by atoms with Crippen molar-refractivity contribution in [2.75, 3.05) is 12.3 Å². The molecule has 0 bridgehead atoms. The molecule has 1 amide bonds. The molecule has 2 aromatic rings. The number of anilines is 1. The van der Waals surface area contributed by atoms with E-state index >= 15 is 0 Å². The number of rotatable bonds is 3. The first-order chi connectivity index (χ1) is 10.1. The van der Waals surface area contributed by atoms with Gasteiger partial charge in [0.15, 0.2) is 0 Å². The Morgan fingerprint density at radius 2 is 2.33 bits per heavy atom. The van der Waals surface area contributed by atoms with Gasteiger partial charge in [-0.05, 0) is 25.0 Å². The summed E-state index contributed by atoms with van der Waals surface area (Å²) in [5, 5.41) is 7.14. The maximum atomic E-state index is 12.1. The van der Waals surface area contributed by atoms with Crippen molar-refractivity contribution in [1.82, 2.24) is 15.1 Å². The number of ether oxygens (including phenoxy) is 1. The third-order valence-corrected chi connectivity index (χ3v) is 3.47. The summed E-state index contributed by atoms with van der Waals surface area (Å²) in [6.45, 7) is 2.45. The Morgan fingerprint density at radius 1 is 1.52 bits per heavy atom.